The highest BCUT2D eigenvalue weighted by atomic mass is 32.2. The van der Waals surface area contributed by atoms with Gasteiger partial charge in [0.1, 0.15) is 0 Å². The molecule has 110 valence electrons. The van der Waals surface area contributed by atoms with Crippen LogP contribution in [0.1, 0.15) is 25.3 Å². The normalized spacial score (nSPS) is 17.6. The lowest BCUT2D eigenvalue weighted by Crippen LogP contribution is -2.37. The van der Waals surface area contributed by atoms with Gasteiger partial charge in [0, 0.05) is 13.1 Å². The number of nitrogens with zero attached hydrogens (tertiary/aromatic N) is 1. The lowest BCUT2D eigenvalue weighted by Gasteiger charge is -2.18. The quantitative estimate of drug-likeness (QED) is 0.906. The molecule has 5 nitrogen and oxygen atoms in total. The summed E-state index contributed by atoms with van der Waals surface area (Å²) >= 11 is 0. The number of aryl methyl sites for hydroxylation is 1. The molecule has 1 saturated heterocycles. The fraction of sp³-hybridized carbons (Fsp3) is 0.500. The van der Waals surface area contributed by atoms with Crippen LogP contribution < -0.4 is 5.32 Å². The summed E-state index contributed by atoms with van der Waals surface area (Å²) in [5, 5.41) is 2.68. The summed E-state index contributed by atoms with van der Waals surface area (Å²) < 4.78 is 26.3. The molecule has 20 heavy (non-hydrogen) atoms. The predicted octanol–water partition coefficient (Wildman–Crippen LogP) is 1.15. The zero-order valence-corrected chi connectivity index (χ0v) is 12.4. The Labute approximate surface area is 120 Å². The lowest BCUT2D eigenvalue weighted by atomic mass is 10.1. The van der Waals surface area contributed by atoms with Gasteiger partial charge in [-0.1, -0.05) is 25.5 Å². The molecule has 1 aromatic carbocycles. The summed E-state index contributed by atoms with van der Waals surface area (Å²) in [6, 6.07) is 6.94. The third-order valence-electron chi connectivity index (χ3n) is 3.33. The van der Waals surface area contributed by atoms with E-state index in [1.807, 2.05) is 12.1 Å². The zero-order valence-electron chi connectivity index (χ0n) is 11.6. The summed E-state index contributed by atoms with van der Waals surface area (Å²) in [5.74, 6) is -0.242. The number of hydrogen-bond donors (Lipinski definition) is 1. The Kier molecular flexibility index (Phi) is 4.77. The van der Waals surface area contributed by atoms with E-state index < -0.39 is 10.0 Å². The van der Waals surface area contributed by atoms with Gasteiger partial charge in [0.25, 0.3) is 0 Å². The molecule has 1 amide bonds. The second kappa shape index (κ2) is 6.37. The van der Waals surface area contributed by atoms with Crippen molar-refractivity contribution in [2.24, 2.45) is 0 Å². The van der Waals surface area contributed by atoms with E-state index in [0.717, 1.165) is 18.4 Å². The minimum Gasteiger partial charge on any atom is -0.355 e. The molecular weight excluding hydrogens is 276 g/mol. The fourth-order valence-corrected chi connectivity index (χ4v) is 3.68. The van der Waals surface area contributed by atoms with Gasteiger partial charge in [0.15, 0.2) is 0 Å². The largest absolute Gasteiger partial charge is 0.355 e. The van der Waals surface area contributed by atoms with Crippen LogP contribution in [0.2, 0.25) is 0 Å². The molecule has 0 aliphatic carbocycles. The molecule has 0 bridgehead atoms. The van der Waals surface area contributed by atoms with Crippen molar-refractivity contribution in [1.82, 2.24) is 9.62 Å². The molecule has 0 spiro atoms. The van der Waals surface area contributed by atoms with Crippen molar-refractivity contribution in [3.8, 4) is 0 Å². The number of sulfonamides is 1. The van der Waals surface area contributed by atoms with Crippen LogP contribution in [0.4, 0.5) is 0 Å². The molecule has 1 heterocycles. The number of carbonyl (C=O) groups excluding carboxylic acids is 1. The first-order chi connectivity index (χ1) is 9.54. The SMILES string of the molecule is CCCc1ccc(S(=O)(=O)N2CCCNC(=O)C2)cc1. The van der Waals surface area contributed by atoms with E-state index in [2.05, 4.69) is 12.2 Å². The van der Waals surface area contributed by atoms with Crippen LogP contribution in [0.15, 0.2) is 29.2 Å². The first kappa shape index (κ1) is 15.0. The molecule has 0 radical (unpaired) electrons. The maximum atomic E-state index is 12.5. The van der Waals surface area contributed by atoms with E-state index in [0.29, 0.717) is 19.5 Å². The van der Waals surface area contributed by atoms with Crippen LogP contribution in [-0.2, 0) is 21.2 Å². The minimum absolute atomic E-state index is 0.0982. The monoisotopic (exact) mass is 296 g/mol. The third kappa shape index (κ3) is 3.37. The van der Waals surface area contributed by atoms with Gasteiger partial charge < -0.3 is 5.32 Å². The molecule has 0 saturated carbocycles. The van der Waals surface area contributed by atoms with Crippen molar-refractivity contribution in [2.75, 3.05) is 19.6 Å². The van der Waals surface area contributed by atoms with Crippen molar-refractivity contribution in [2.45, 2.75) is 31.1 Å². The van der Waals surface area contributed by atoms with E-state index in [-0.39, 0.29) is 17.3 Å². The van der Waals surface area contributed by atoms with Crippen molar-refractivity contribution in [3.63, 3.8) is 0 Å². The van der Waals surface area contributed by atoms with Gasteiger partial charge in [-0.3, -0.25) is 4.79 Å². The second-order valence-corrected chi connectivity index (χ2v) is 6.87. The minimum atomic E-state index is -3.58. The number of nitrogens with one attached hydrogen (secondary N) is 1. The van der Waals surface area contributed by atoms with Crippen LogP contribution in [-0.4, -0.2) is 38.3 Å². The van der Waals surface area contributed by atoms with E-state index >= 15 is 0 Å². The highest BCUT2D eigenvalue weighted by molar-refractivity contribution is 7.89. The van der Waals surface area contributed by atoms with Gasteiger partial charge >= 0.3 is 0 Å². The topological polar surface area (TPSA) is 66.5 Å². The van der Waals surface area contributed by atoms with Gasteiger partial charge in [-0.05, 0) is 30.5 Å². The Bertz CT molecular complexity index is 567. The Morgan fingerprint density at radius 1 is 1.25 bits per heavy atom. The predicted molar refractivity (Wildman–Crippen MR) is 76.8 cm³/mol. The summed E-state index contributed by atoms with van der Waals surface area (Å²) in [6.07, 6.45) is 2.60. The number of carbonyl (C=O) groups is 1. The van der Waals surface area contributed by atoms with Crippen molar-refractivity contribution in [3.05, 3.63) is 29.8 Å². The van der Waals surface area contributed by atoms with Crippen molar-refractivity contribution < 1.29 is 13.2 Å². The van der Waals surface area contributed by atoms with E-state index in [1.54, 1.807) is 12.1 Å². The summed E-state index contributed by atoms with van der Waals surface area (Å²) in [7, 11) is -3.58. The highest BCUT2D eigenvalue weighted by Gasteiger charge is 2.27. The summed E-state index contributed by atoms with van der Waals surface area (Å²) in [4.78, 5) is 11.8. The molecule has 1 fully saturated rings. The average Bonchev–Trinajstić information content (AvgIpc) is 2.65. The molecule has 0 atom stereocenters. The molecule has 0 aromatic heterocycles. The van der Waals surface area contributed by atoms with Crippen LogP contribution >= 0.6 is 0 Å². The van der Waals surface area contributed by atoms with E-state index in [1.165, 1.54) is 4.31 Å². The van der Waals surface area contributed by atoms with Gasteiger partial charge in [-0.15, -0.1) is 0 Å². The highest BCUT2D eigenvalue weighted by Crippen LogP contribution is 2.18. The maximum absolute atomic E-state index is 12.5. The van der Waals surface area contributed by atoms with E-state index in [9.17, 15) is 13.2 Å². The Morgan fingerprint density at radius 2 is 1.95 bits per heavy atom. The van der Waals surface area contributed by atoms with Crippen LogP contribution in [0, 0.1) is 0 Å². The number of hydrogen-bond acceptors (Lipinski definition) is 3. The van der Waals surface area contributed by atoms with Crippen LogP contribution in [0.5, 0.6) is 0 Å². The van der Waals surface area contributed by atoms with Crippen molar-refractivity contribution >= 4 is 15.9 Å². The number of benzene rings is 1. The smallest absolute Gasteiger partial charge is 0.243 e. The Hall–Kier alpha value is -1.40. The van der Waals surface area contributed by atoms with Gasteiger partial charge in [0.2, 0.25) is 15.9 Å². The lowest BCUT2D eigenvalue weighted by molar-refractivity contribution is -0.120. The summed E-state index contributed by atoms with van der Waals surface area (Å²) in [6.45, 7) is 2.89. The molecule has 2 rings (SSSR count). The zero-order chi connectivity index (χ0) is 14.6. The first-order valence-electron chi connectivity index (χ1n) is 6.90. The van der Waals surface area contributed by atoms with Gasteiger partial charge in [0.05, 0.1) is 11.4 Å². The van der Waals surface area contributed by atoms with E-state index in [4.69, 9.17) is 0 Å². The number of amides is 1. The van der Waals surface area contributed by atoms with Gasteiger partial charge in [-0.25, -0.2) is 8.42 Å². The standard InChI is InChI=1S/C14H20N2O3S/c1-2-4-12-5-7-13(8-6-12)20(18,19)16-10-3-9-15-14(17)11-16/h5-8H,2-4,9-11H2,1H3,(H,15,17). The number of rotatable bonds is 4. The van der Waals surface area contributed by atoms with Crippen molar-refractivity contribution in [1.29, 1.82) is 0 Å². The Morgan fingerprint density at radius 3 is 2.60 bits per heavy atom. The first-order valence-corrected chi connectivity index (χ1v) is 8.34. The molecule has 1 N–H and O–H groups in total. The maximum Gasteiger partial charge on any atom is 0.243 e. The van der Waals surface area contributed by atoms with Crippen LogP contribution in [0.3, 0.4) is 0 Å². The third-order valence-corrected chi connectivity index (χ3v) is 5.19. The average molecular weight is 296 g/mol. The fourth-order valence-electron chi connectivity index (χ4n) is 2.25. The molecular formula is C14H20N2O3S. The molecule has 0 unspecified atom stereocenters. The molecule has 1 aliphatic heterocycles. The van der Waals surface area contributed by atoms with Crippen LogP contribution in [0.25, 0.3) is 0 Å². The Balaban J connectivity index is 2.22. The molecule has 6 heteroatoms. The second-order valence-electron chi connectivity index (χ2n) is 4.94. The molecule has 1 aromatic rings. The molecule has 1 aliphatic rings. The van der Waals surface area contributed by atoms with Gasteiger partial charge in [-0.2, -0.15) is 4.31 Å². The summed E-state index contributed by atoms with van der Waals surface area (Å²) in [5.41, 5.74) is 1.13.